The van der Waals surface area contributed by atoms with Gasteiger partial charge < -0.3 is 5.32 Å². The molecule has 76 valence electrons. The molecule has 2 rings (SSSR count). The van der Waals surface area contributed by atoms with Gasteiger partial charge in [-0.05, 0) is 18.3 Å². The SMILES string of the molecule is CC1(C)CCC1Nc1cc(F)ncn1. The van der Waals surface area contributed by atoms with Crippen LogP contribution in [-0.4, -0.2) is 16.0 Å². The molecule has 0 saturated heterocycles. The van der Waals surface area contributed by atoms with Crippen LogP contribution < -0.4 is 5.32 Å². The summed E-state index contributed by atoms with van der Waals surface area (Å²) in [5.74, 6) is 0.0925. The molecule has 1 aliphatic carbocycles. The molecule has 1 aromatic rings. The van der Waals surface area contributed by atoms with E-state index in [2.05, 4.69) is 29.1 Å². The zero-order valence-corrected chi connectivity index (χ0v) is 8.42. The molecule has 0 aromatic carbocycles. The highest BCUT2D eigenvalue weighted by atomic mass is 19.1. The first-order valence-electron chi connectivity index (χ1n) is 4.82. The average Bonchev–Trinajstić information content (AvgIpc) is 2.13. The standard InChI is InChI=1S/C10H14FN3/c1-10(2)4-3-7(10)14-9-5-8(11)12-6-13-9/h5-7H,3-4H2,1-2H3,(H,12,13,14). The number of nitrogens with one attached hydrogen (secondary N) is 1. The maximum Gasteiger partial charge on any atom is 0.217 e. The zero-order chi connectivity index (χ0) is 10.2. The molecule has 1 fully saturated rings. The smallest absolute Gasteiger partial charge is 0.217 e. The van der Waals surface area contributed by atoms with Gasteiger partial charge in [0.05, 0.1) is 0 Å². The maximum atomic E-state index is 12.7. The van der Waals surface area contributed by atoms with Crippen molar-refractivity contribution < 1.29 is 4.39 Å². The third kappa shape index (κ3) is 1.69. The molecule has 4 heteroatoms. The predicted octanol–water partition coefficient (Wildman–Crippen LogP) is 2.22. The molecule has 14 heavy (non-hydrogen) atoms. The summed E-state index contributed by atoms with van der Waals surface area (Å²) >= 11 is 0. The quantitative estimate of drug-likeness (QED) is 0.735. The van der Waals surface area contributed by atoms with E-state index in [0.29, 0.717) is 17.3 Å². The minimum absolute atomic E-state index is 0.293. The maximum absolute atomic E-state index is 12.7. The lowest BCUT2D eigenvalue weighted by molar-refractivity contribution is 0.159. The van der Waals surface area contributed by atoms with Crippen LogP contribution in [0.4, 0.5) is 10.2 Å². The first-order chi connectivity index (χ1) is 6.58. The average molecular weight is 195 g/mol. The fourth-order valence-corrected chi connectivity index (χ4v) is 1.72. The lowest BCUT2D eigenvalue weighted by Crippen LogP contribution is -2.45. The topological polar surface area (TPSA) is 37.8 Å². The van der Waals surface area contributed by atoms with Gasteiger partial charge >= 0.3 is 0 Å². The number of halogens is 1. The first kappa shape index (κ1) is 9.37. The van der Waals surface area contributed by atoms with Crippen LogP contribution in [0.3, 0.4) is 0 Å². The summed E-state index contributed by atoms with van der Waals surface area (Å²) in [6.07, 6.45) is 3.57. The van der Waals surface area contributed by atoms with E-state index in [4.69, 9.17) is 0 Å². The first-order valence-corrected chi connectivity index (χ1v) is 4.82. The Morgan fingerprint density at radius 3 is 2.79 bits per heavy atom. The molecule has 0 amide bonds. The summed E-state index contributed by atoms with van der Waals surface area (Å²) in [5.41, 5.74) is 0.293. The van der Waals surface area contributed by atoms with Crippen molar-refractivity contribution in [2.75, 3.05) is 5.32 Å². The number of hydrogen-bond donors (Lipinski definition) is 1. The van der Waals surface area contributed by atoms with Crippen LogP contribution in [0.25, 0.3) is 0 Å². The molecule has 1 atom stereocenters. The van der Waals surface area contributed by atoms with Crippen LogP contribution in [0.2, 0.25) is 0 Å². The van der Waals surface area contributed by atoms with E-state index in [-0.39, 0.29) is 0 Å². The Morgan fingerprint density at radius 2 is 2.29 bits per heavy atom. The Bertz CT molecular complexity index is 338. The second kappa shape index (κ2) is 3.19. The fraction of sp³-hybridized carbons (Fsp3) is 0.600. The van der Waals surface area contributed by atoms with Gasteiger partial charge in [-0.15, -0.1) is 0 Å². The van der Waals surface area contributed by atoms with Crippen molar-refractivity contribution in [3.63, 3.8) is 0 Å². The van der Waals surface area contributed by atoms with Crippen molar-refractivity contribution in [2.45, 2.75) is 32.7 Å². The predicted molar refractivity (Wildman–Crippen MR) is 52.4 cm³/mol. The van der Waals surface area contributed by atoms with Gasteiger partial charge in [0.2, 0.25) is 5.95 Å². The van der Waals surface area contributed by atoms with Gasteiger partial charge in [0.15, 0.2) is 0 Å². The Hall–Kier alpha value is -1.19. The van der Waals surface area contributed by atoms with Gasteiger partial charge in [0.1, 0.15) is 12.1 Å². The Kier molecular flexibility index (Phi) is 2.13. The molecule has 1 N–H and O–H groups in total. The Morgan fingerprint density at radius 1 is 1.50 bits per heavy atom. The summed E-state index contributed by atoms with van der Waals surface area (Å²) in [4.78, 5) is 7.37. The van der Waals surface area contributed by atoms with E-state index in [9.17, 15) is 4.39 Å². The molecule has 0 radical (unpaired) electrons. The molecule has 0 aliphatic heterocycles. The summed E-state index contributed by atoms with van der Waals surface area (Å²) in [7, 11) is 0. The van der Waals surface area contributed by atoms with E-state index >= 15 is 0 Å². The number of rotatable bonds is 2. The van der Waals surface area contributed by atoms with E-state index in [0.717, 1.165) is 6.42 Å². The van der Waals surface area contributed by atoms with Gasteiger partial charge in [-0.1, -0.05) is 13.8 Å². The molecule has 3 nitrogen and oxygen atoms in total. The van der Waals surface area contributed by atoms with Crippen molar-refractivity contribution in [3.05, 3.63) is 18.3 Å². The minimum Gasteiger partial charge on any atom is -0.367 e. The molecule has 0 spiro atoms. The van der Waals surface area contributed by atoms with Gasteiger partial charge in [-0.25, -0.2) is 9.97 Å². The van der Waals surface area contributed by atoms with Crippen molar-refractivity contribution in [1.82, 2.24) is 9.97 Å². The van der Waals surface area contributed by atoms with Crippen molar-refractivity contribution in [2.24, 2.45) is 5.41 Å². The van der Waals surface area contributed by atoms with Crippen LogP contribution in [-0.2, 0) is 0 Å². The molecule has 1 heterocycles. The number of nitrogens with zero attached hydrogens (tertiary/aromatic N) is 2. The molecule has 1 aliphatic rings. The summed E-state index contributed by atoms with van der Waals surface area (Å²) in [6, 6.07) is 1.73. The molecule has 0 bridgehead atoms. The van der Waals surface area contributed by atoms with Gasteiger partial charge in [0.25, 0.3) is 0 Å². The highest BCUT2D eigenvalue weighted by Gasteiger charge is 2.38. The molecule has 1 unspecified atom stereocenters. The molecule has 1 saturated carbocycles. The van der Waals surface area contributed by atoms with Gasteiger partial charge in [-0.3, -0.25) is 0 Å². The highest BCUT2D eigenvalue weighted by Crippen LogP contribution is 2.41. The number of anilines is 1. The van der Waals surface area contributed by atoms with Crippen LogP contribution >= 0.6 is 0 Å². The fourth-order valence-electron chi connectivity index (χ4n) is 1.72. The Labute approximate surface area is 82.8 Å². The summed E-state index contributed by atoms with van der Waals surface area (Å²) in [5, 5.41) is 3.22. The third-order valence-electron chi connectivity index (χ3n) is 2.98. The largest absolute Gasteiger partial charge is 0.367 e. The van der Waals surface area contributed by atoms with Gasteiger partial charge in [0, 0.05) is 12.1 Å². The Balaban J connectivity index is 2.05. The minimum atomic E-state index is -0.486. The second-order valence-electron chi connectivity index (χ2n) is 4.45. The molecule has 1 aromatic heterocycles. The monoisotopic (exact) mass is 195 g/mol. The van der Waals surface area contributed by atoms with Crippen LogP contribution in [0.5, 0.6) is 0 Å². The van der Waals surface area contributed by atoms with Crippen molar-refractivity contribution in [3.8, 4) is 0 Å². The van der Waals surface area contributed by atoms with Gasteiger partial charge in [-0.2, -0.15) is 4.39 Å². The van der Waals surface area contributed by atoms with Crippen LogP contribution in [0.1, 0.15) is 26.7 Å². The third-order valence-corrected chi connectivity index (χ3v) is 2.98. The van der Waals surface area contributed by atoms with E-state index < -0.39 is 5.95 Å². The van der Waals surface area contributed by atoms with Crippen LogP contribution in [0, 0.1) is 11.4 Å². The molecular weight excluding hydrogens is 181 g/mol. The highest BCUT2D eigenvalue weighted by molar-refractivity contribution is 5.35. The molecular formula is C10H14FN3. The summed E-state index contributed by atoms with van der Waals surface area (Å²) in [6.45, 7) is 4.40. The lowest BCUT2D eigenvalue weighted by atomic mass is 9.67. The van der Waals surface area contributed by atoms with E-state index in [1.165, 1.54) is 18.8 Å². The van der Waals surface area contributed by atoms with Crippen molar-refractivity contribution >= 4 is 5.82 Å². The second-order valence-corrected chi connectivity index (χ2v) is 4.45. The van der Waals surface area contributed by atoms with E-state index in [1.54, 1.807) is 0 Å². The number of hydrogen-bond acceptors (Lipinski definition) is 3. The summed E-state index contributed by atoms with van der Waals surface area (Å²) < 4.78 is 12.7. The van der Waals surface area contributed by atoms with E-state index in [1.807, 2.05) is 0 Å². The zero-order valence-electron chi connectivity index (χ0n) is 8.42. The van der Waals surface area contributed by atoms with Crippen LogP contribution in [0.15, 0.2) is 12.4 Å². The lowest BCUT2D eigenvalue weighted by Gasteiger charge is -2.45. The normalized spacial score (nSPS) is 24.1. The van der Waals surface area contributed by atoms with Crippen molar-refractivity contribution in [1.29, 1.82) is 0 Å². The number of aromatic nitrogens is 2.